The molecule has 1 aliphatic rings. The van der Waals surface area contributed by atoms with Crippen molar-refractivity contribution in [2.45, 2.75) is 64.5 Å². The van der Waals surface area contributed by atoms with Gasteiger partial charge >= 0.3 is 0 Å². The molecule has 7 nitrogen and oxygen atoms in total. The van der Waals surface area contributed by atoms with Crippen molar-refractivity contribution in [1.82, 2.24) is 15.6 Å². The predicted octanol–water partition coefficient (Wildman–Crippen LogP) is 5.76. The monoisotopic (exact) mass is 523 g/mol. The molecule has 38 heavy (non-hydrogen) atoms. The van der Waals surface area contributed by atoms with Crippen LogP contribution in [0.4, 0.5) is 8.78 Å². The van der Waals surface area contributed by atoms with E-state index in [0.717, 1.165) is 17.8 Å². The maximum atomic E-state index is 13.9. The highest BCUT2D eigenvalue weighted by molar-refractivity contribution is 5.99. The molecule has 9 heteroatoms. The molecule has 3 N–H and O–H groups in total. The van der Waals surface area contributed by atoms with Gasteiger partial charge in [-0.05, 0) is 80.0 Å². The van der Waals surface area contributed by atoms with E-state index < -0.39 is 17.5 Å². The minimum absolute atomic E-state index is 0.00277. The summed E-state index contributed by atoms with van der Waals surface area (Å²) < 4.78 is 32.7. The molecule has 0 bridgehead atoms. The number of nitrogens with zero attached hydrogens (tertiary/aromatic N) is 1. The molecular formula is C29H31F2N3O4. The van der Waals surface area contributed by atoms with Crippen LogP contribution in [0.3, 0.4) is 0 Å². The Morgan fingerprint density at radius 3 is 2.16 bits per heavy atom. The van der Waals surface area contributed by atoms with E-state index in [0.29, 0.717) is 36.8 Å². The number of hydrogen-bond donors (Lipinski definition) is 3. The quantitative estimate of drug-likeness (QED) is 0.366. The first-order chi connectivity index (χ1) is 18.1. The summed E-state index contributed by atoms with van der Waals surface area (Å²) in [7, 11) is 0. The highest BCUT2D eigenvalue weighted by atomic mass is 19.1. The molecular weight excluding hydrogens is 492 g/mol. The van der Waals surface area contributed by atoms with E-state index >= 15 is 0 Å². The molecule has 2 aromatic carbocycles. The number of aryl methyl sites for hydroxylation is 1. The van der Waals surface area contributed by atoms with Crippen molar-refractivity contribution in [2.75, 3.05) is 0 Å². The predicted molar refractivity (Wildman–Crippen MR) is 139 cm³/mol. The van der Waals surface area contributed by atoms with Crippen molar-refractivity contribution in [3.8, 4) is 17.4 Å². The maximum Gasteiger partial charge on any atom is 0.257 e. The number of rotatable bonds is 7. The van der Waals surface area contributed by atoms with Gasteiger partial charge in [-0.15, -0.1) is 0 Å². The van der Waals surface area contributed by atoms with Gasteiger partial charge < -0.3 is 20.5 Å². The molecule has 1 aromatic heterocycles. The summed E-state index contributed by atoms with van der Waals surface area (Å²) in [6, 6.07) is 9.62. The van der Waals surface area contributed by atoms with Crippen LogP contribution < -0.4 is 15.4 Å². The Kier molecular flexibility index (Phi) is 8.24. The first-order valence-corrected chi connectivity index (χ1v) is 12.7. The van der Waals surface area contributed by atoms with E-state index in [-0.39, 0.29) is 46.9 Å². The lowest BCUT2D eigenvalue weighted by atomic mass is 9.89. The number of aromatic nitrogens is 1. The lowest BCUT2D eigenvalue weighted by Crippen LogP contribution is -2.44. The third kappa shape index (κ3) is 6.27. The summed E-state index contributed by atoms with van der Waals surface area (Å²) in [5.74, 6) is -1.73. The SMILES string of the molecule is Cc1ccc(C(C)C)c(C(=O)NC2CCC(NC(=O)c3cc(F)cnc3Oc3ccc(F)cc3)CC2)c1O. The van der Waals surface area contributed by atoms with Crippen LogP contribution in [0.25, 0.3) is 0 Å². The minimum atomic E-state index is -0.687. The number of amides is 2. The van der Waals surface area contributed by atoms with Gasteiger partial charge in [-0.1, -0.05) is 26.0 Å². The van der Waals surface area contributed by atoms with E-state index in [1.54, 1.807) is 13.0 Å². The van der Waals surface area contributed by atoms with Gasteiger partial charge in [0, 0.05) is 12.1 Å². The number of hydrogen-bond acceptors (Lipinski definition) is 5. The fourth-order valence-corrected chi connectivity index (χ4v) is 4.62. The van der Waals surface area contributed by atoms with Gasteiger partial charge in [0.2, 0.25) is 5.88 Å². The maximum absolute atomic E-state index is 13.9. The number of halogens is 2. The Balaban J connectivity index is 1.37. The fourth-order valence-electron chi connectivity index (χ4n) is 4.62. The summed E-state index contributed by atoms with van der Waals surface area (Å²) in [5, 5.41) is 16.5. The first-order valence-electron chi connectivity index (χ1n) is 12.7. The zero-order valence-corrected chi connectivity index (χ0v) is 21.6. The second-order valence-corrected chi connectivity index (χ2v) is 9.91. The Bertz CT molecular complexity index is 1320. The second-order valence-electron chi connectivity index (χ2n) is 9.91. The third-order valence-corrected chi connectivity index (χ3v) is 6.75. The van der Waals surface area contributed by atoms with E-state index in [1.165, 1.54) is 24.3 Å². The summed E-state index contributed by atoms with van der Waals surface area (Å²) in [5.41, 5.74) is 1.66. The molecule has 0 spiro atoms. The molecule has 1 fully saturated rings. The van der Waals surface area contributed by atoms with Crippen LogP contribution in [-0.4, -0.2) is 34.0 Å². The van der Waals surface area contributed by atoms with Crippen LogP contribution in [0.1, 0.15) is 77.3 Å². The zero-order valence-electron chi connectivity index (χ0n) is 21.6. The molecule has 0 aliphatic heterocycles. The average Bonchev–Trinajstić information content (AvgIpc) is 2.88. The number of carbonyl (C=O) groups is 2. The number of phenolic OH excluding ortho intramolecular Hbond substituents is 1. The van der Waals surface area contributed by atoms with Crippen molar-refractivity contribution >= 4 is 11.8 Å². The van der Waals surface area contributed by atoms with Crippen LogP contribution >= 0.6 is 0 Å². The second kappa shape index (κ2) is 11.6. The lowest BCUT2D eigenvalue weighted by molar-refractivity contribution is 0.0887. The molecule has 0 atom stereocenters. The van der Waals surface area contributed by atoms with Gasteiger partial charge in [0.15, 0.2) is 0 Å². The van der Waals surface area contributed by atoms with Crippen LogP contribution in [0.15, 0.2) is 48.7 Å². The lowest BCUT2D eigenvalue weighted by Gasteiger charge is -2.30. The first kappa shape index (κ1) is 27.0. The molecule has 0 radical (unpaired) electrons. The van der Waals surface area contributed by atoms with Crippen molar-refractivity contribution in [1.29, 1.82) is 0 Å². The molecule has 3 aromatic rings. The normalized spacial score (nSPS) is 17.2. The molecule has 2 amide bonds. The van der Waals surface area contributed by atoms with E-state index in [2.05, 4.69) is 15.6 Å². The number of ether oxygens (including phenoxy) is 1. The van der Waals surface area contributed by atoms with Crippen molar-refractivity contribution in [3.63, 3.8) is 0 Å². The van der Waals surface area contributed by atoms with E-state index in [1.807, 2.05) is 19.9 Å². The highest BCUT2D eigenvalue weighted by Gasteiger charge is 2.28. The smallest absolute Gasteiger partial charge is 0.257 e. The van der Waals surface area contributed by atoms with E-state index in [4.69, 9.17) is 4.74 Å². The van der Waals surface area contributed by atoms with Crippen LogP contribution in [0, 0.1) is 18.6 Å². The molecule has 0 saturated heterocycles. The fraction of sp³-hybridized carbons (Fsp3) is 0.345. The summed E-state index contributed by atoms with van der Waals surface area (Å²) in [6.07, 6.45) is 3.40. The van der Waals surface area contributed by atoms with Gasteiger partial charge in [-0.3, -0.25) is 9.59 Å². The topological polar surface area (TPSA) is 101 Å². The van der Waals surface area contributed by atoms with Gasteiger partial charge in [0.25, 0.3) is 11.8 Å². The summed E-state index contributed by atoms with van der Waals surface area (Å²) in [4.78, 5) is 30.0. The van der Waals surface area contributed by atoms with Gasteiger partial charge in [0.05, 0.1) is 11.8 Å². The summed E-state index contributed by atoms with van der Waals surface area (Å²) >= 11 is 0. The number of carbonyl (C=O) groups excluding carboxylic acids is 2. The Hall–Kier alpha value is -4.01. The van der Waals surface area contributed by atoms with Crippen LogP contribution in [-0.2, 0) is 0 Å². The molecule has 0 unspecified atom stereocenters. The Morgan fingerprint density at radius 2 is 1.55 bits per heavy atom. The molecule has 1 saturated carbocycles. The van der Waals surface area contributed by atoms with Gasteiger partial charge in [0.1, 0.15) is 28.7 Å². The van der Waals surface area contributed by atoms with Crippen LogP contribution in [0.2, 0.25) is 0 Å². The standard InChI is InChI=1S/C29H31F2N3O4/c1-16(2)23-13-4-17(3)26(35)25(23)28(37)34-21-9-7-20(8-10-21)33-27(36)24-14-19(31)15-32-29(24)38-22-11-5-18(30)6-12-22/h4-6,11-16,20-21,35H,7-10H2,1-3H3,(H,33,36)(H,34,37). The summed E-state index contributed by atoms with van der Waals surface area (Å²) in [6.45, 7) is 5.70. The highest BCUT2D eigenvalue weighted by Crippen LogP contribution is 2.31. The average molecular weight is 524 g/mol. The minimum Gasteiger partial charge on any atom is -0.507 e. The molecule has 200 valence electrons. The number of nitrogens with one attached hydrogen (secondary N) is 2. The Morgan fingerprint density at radius 1 is 0.947 bits per heavy atom. The molecule has 4 rings (SSSR count). The van der Waals surface area contributed by atoms with Crippen molar-refractivity contribution in [2.24, 2.45) is 0 Å². The molecule has 1 aliphatic carbocycles. The number of aromatic hydroxyl groups is 1. The zero-order chi connectivity index (χ0) is 27.4. The largest absolute Gasteiger partial charge is 0.507 e. The van der Waals surface area contributed by atoms with Crippen molar-refractivity contribution in [3.05, 3.63) is 82.5 Å². The van der Waals surface area contributed by atoms with Crippen molar-refractivity contribution < 1.29 is 28.2 Å². The Labute approximate surface area is 220 Å². The van der Waals surface area contributed by atoms with Gasteiger partial charge in [-0.2, -0.15) is 0 Å². The number of benzene rings is 2. The number of pyridine rings is 1. The van der Waals surface area contributed by atoms with E-state index in [9.17, 15) is 23.5 Å². The molecule has 1 heterocycles. The van der Waals surface area contributed by atoms with Crippen LogP contribution in [0.5, 0.6) is 17.4 Å². The number of phenols is 1. The van der Waals surface area contributed by atoms with Gasteiger partial charge in [-0.25, -0.2) is 13.8 Å². The third-order valence-electron chi connectivity index (χ3n) is 6.75.